The predicted octanol–water partition coefficient (Wildman–Crippen LogP) is 2.71. The van der Waals surface area contributed by atoms with Crippen LogP contribution in [0.5, 0.6) is 0 Å². The minimum Gasteiger partial charge on any atom is -0.469 e. The van der Waals surface area contributed by atoms with Crippen LogP contribution in [0.2, 0.25) is 0 Å². The number of likely N-dealkylation sites (tertiary alicyclic amines) is 1. The number of amides is 2. The molecule has 154 valence electrons. The van der Waals surface area contributed by atoms with Crippen molar-refractivity contribution in [3.63, 3.8) is 0 Å². The topological polar surface area (TPSA) is 94.2 Å². The summed E-state index contributed by atoms with van der Waals surface area (Å²) in [6.07, 6.45) is -0.789. The highest BCUT2D eigenvalue weighted by atomic mass is 16.6. The van der Waals surface area contributed by atoms with E-state index in [0.29, 0.717) is 6.42 Å². The number of benzene rings is 1. The first-order valence-electron chi connectivity index (χ1n) is 9.21. The Morgan fingerprint density at radius 2 is 1.82 bits per heavy atom. The van der Waals surface area contributed by atoms with Crippen LogP contribution in [0.15, 0.2) is 30.3 Å². The highest BCUT2D eigenvalue weighted by Crippen LogP contribution is 2.20. The molecule has 1 N–H and O–H groups in total. The molecule has 1 aromatic carbocycles. The Hall–Kier alpha value is -2.77. The number of nitrogens with one attached hydrogen (secondary N) is 1. The average Bonchev–Trinajstić information content (AvgIpc) is 2.64. The van der Waals surface area contributed by atoms with Crippen molar-refractivity contribution in [3.8, 4) is 0 Å². The van der Waals surface area contributed by atoms with E-state index in [1.807, 2.05) is 30.3 Å². The van der Waals surface area contributed by atoms with Gasteiger partial charge >= 0.3 is 18.2 Å². The molecular formula is C20H28N2O6. The third kappa shape index (κ3) is 6.75. The van der Waals surface area contributed by atoms with Crippen LogP contribution in [0.25, 0.3) is 0 Å². The number of methoxy groups -OCH3 is 1. The molecular weight excluding hydrogens is 364 g/mol. The minimum absolute atomic E-state index is 0.128. The number of rotatable bonds is 4. The smallest absolute Gasteiger partial charge is 0.410 e. The summed E-state index contributed by atoms with van der Waals surface area (Å²) in [4.78, 5) is 38.0. The van der Waals surface area contributed by atoms with Crippen LogP contribution in [-0.2, 0) is 25.6 Å². The van der Waals surface area contributed by atoms with Gasteiger partial charge in [0.25, 0.3) is 0 Å². The quantitative estimate of drug-likeness (QED) is 0.625. The average molecular weight is 392 g/mol. The Bertz CT molecular complexity index is 686. The molecule has 0 bridgehead atoms. The molecule has 8 nitrogen and oxygen atoms in total. The van der Waals surface area contributed by atoms with E-state index in [1.165, 1.54) is 12.0 Å². The first-order valence-corrected chi connectivity index (χ1v) is 9.21. The van der Waals surface area contributed by atoms with Crippen molar-refractivity contribution >= 4 is 18.2 Å². The van der Waals surface area contributed by atoms with Gasteiger partial charge in [0, 0.05) is 13.1 Å². The summed E-state index contributed by atoms with van der Waals surface area (Å²) >= 11 is 0. The lowest BCUT2D eigenvalue weighted by Crippen LogP contribution is -2.54. The van der Waals surface area contributed by atoms with Crippen LogP contribution in [0.3, 0.4) is 0 Å². The van der Waals surface area contributed by atoms with E-state index in [-0.39, 0.29) is 19.7 Å². The van der Waals surface area contributed by atoms with Crippen LogP contribution in [-0.4, -0.2) is 54.9 Å². The first-order chi connectivity index (χ1) is 13.2. The van der Waals surface area contributed by atoms with Gasteiger partial charge in [0.2, 0.25) is 0 Å². The van der Waals surface area contributed by atoms with Crippen molar-refractivity contribution in [2.24, 2.45) is 5.92 Å². The van der Waals surface area contributed by atoms with Gasteiger partial charge in [0.1, 0.15) is 12.2 Å². The van der Waals surface area contributed by atoms with Gasteiger partial charge in [-0.2, -0.15) is 0 Å². The Labute approximate surface area is 165 Å². The van der Waals surface area contributed by atoms with E-state index < -0.39 is 35.7 Å². The lowest BCUT2D eigenvalue weighted by atomic mass is 9.94. The molecule has 0 aromatic heterocycles. The van der Waals surface area contributed by atoms with Gasteiger partial charge in [-0.05, 0) is 32.8 Å². The molecule has 0 aliphatic carbocycles. The second-order valence-corrected chi connectivity index (χ2v) is 7.74. The zero-order chi connectivity index (χ0) is 20.7. The third-order valence-electron chi connectivity index (χ3n) is 4.17. The maximum Gasteiger partial charge on any atom is 0.410 e. The van der Waals surface area contributed by atoms with E-state index in [4.69, 9.17) is 14.2 Å². The molecule has 1 heterocycles. The summed E-state index contributed by atoms with van der Waals surface area (Å²) in [6, 6.07) is 8.86. The van der Waals surface area contributed by atoms with Gasteiger partial charge in [-0.1, -0.05) is 30.3 Å². The van der Waals surface area contributed by atoms with Crippen LogP contribution in [0.1, 0.15) is 32.8 Å². The minimum atomic E-state index is -0.644. The predicted molar refractivity (Wildman–Crippen MR) is 101 cm³/mol. The van der Waals surface area contributed by atoms with Crippen LogP contribution in [0.4, 0.5) is 9.59 Å². The van der Waals surface area contributed by atoms with Crippen molar-refractivity contribution in [3.05, 3.63) is 35.9 Å². The standard InChI is InChI=1S/C20H28N2O6/c1-20(2,3)28-18(24)21-16-10-15(17(23)26-4)11-22(12-16)19(25)27-13-14-8-6-5-7-9-14/h5-9,15-16H,10-13H2,1-4H3,(H,21,24)/t15-,16-/m0/s1. The van der Waals surface area contributed by atoms with Gasteiger partial charge in [0.15, 0.2) is 0 Å². The Morgan fingerprint density at radius 1 is 1.14 bits per heavy atom. The summed E-state index contributed by atoms with van der Waals surface area (Å²) in [6.45, 7) is 5.81. The fourth-order valence-corrected chi connectivity index (χ4v) is 2.97. The van der Waals surface area contributed by atoms with Crippen LogP contribution < -0.4 is 5.32 Å². The third-order valence-corrected chi connectivity index (χ3v) is 4.17. The lowest BCUT2D eigenvalue weighted by molar-refractivity contribution is -0.147. The number of ether oxygens (including phenoxy) is 3. The van der Waals surface area contributed by atoms with E-state index in [2.05, 4.69) is 5.32 Å². The summed E-state index contributed by atoms with van der Waals surface area (Å²) in [7, 11) is 1.30. The molecule has 2 atom stereocenters. The molecule has 0 saturated carbocycles. The van der Waals surface area contributed by atoms with E-state index in [9.17, 15) is 14.4 Å². The number of nitrogens with zero attached hydrogens (tertiary/aromatic N) is 1. The molecule has 28 heavy (non-hydrogen) atoms. The highest BCUT2D eigenvalue weighted by molar-refractivity contribution is 5.75. The lowest BCUT2D eigenvalue weighted by Gasteiger charge is -2.36. The van der Waals surface area contributed by atoms with E-state index >= 15 is 0 Å². The first kappa shape index (κ1) is 21.5. The molecule has 8 heteroatoms. The van der Waals surface area contributed by atoms with Crippen LogP contribution >= 0.6 is 0 Å². The number of esters is 1. The Balaban J connectivity index is 2.00. The number of hydrogen-bond acceptors (Lipinski definition) is 6. The maximum absolute atomic E-state index is 12.5. The van der Waals surface area contributed by atoms with Crippen molar-refractivity contribution in [2.45, 2.75) is 45.4 Å². The van der Waals surface area contributed by atoms with E-state index in [1.54, 1.807) is 20.8 Å². The molecule has 1 aliphatic rings. The Morgan fingerprint density at radius 3 is 2.43 bits per heavy atom. The molecule has 0 spiro atoms. The monoisotopic (exact) mass is 392 g/mol. The normalized spacial score (nSPS) is 19.5. The van der Waals surface area contributed by atoms with Crippen molar-refractivity contribution < 1.29 is 28.6 Å². The molecule has 1 fully saturated rings. The molecule has 1 saturated heterocycles. The molecule has 2 rings (SSSR count). The summed E-state index contributed by atoms with van der Waals surface area (Å²) in [5.74, 6) is -0.987. The second-order valence-electron chi connectivity index (χ2n) is 7.74. The Kier molecular flexibility index (Phi) is 7.25. The van der Waals surface area contributed by atoms with Crippen LogP contribution in [0, 0.1) is 5.92 Å². The van der Waals surface area contributed by atoms with Gasteiger partial charge in [-0.15, -0.1) is 0 Å². The van der Waals surface area contributed by atoms with Gasteiger partial charge in [-0.25, -0.2) is 9.59 Å². The highest BCUT2D eigenvalue weighted by Gasteiger charge is 2.36. The van der Waals surface area contributed by atoms with Crippen molar-refractivity contribution in [1.82, 2.24) is 10.2 Å². The van der Waals surface area contributed by atoms with Crippen molar-refractivity contribution in [2.75, 3.05) is 20.2 Å². The number of carbonyl (C=O) groups is 3. The van der Waals surface area contributed by atoms with Gasteiger partial charge < -0.3 is 24.4 Å². The number of piperidine rings is 1. The summed E-state index contributed by atoms with van der Waals surface area (Å²) in [5.41, 5.74) is 0.218. The van der Waals surface area contributed by atoms with E-state index in [0.717, 1.165) is 5.56 Å². The molecule has 2 amide bonds. The zero-order valence-electron chi connectivity index (χ0n) is 16.8. The van der Waals surface area contributed by atoms with Gasteiger partial charge in [-0.3, -0.25) is 4.79 Å². The number of hydrogen-bond donors (Lipinski definition) is 1. The SMILES string of the molecule is COC(=O)[C@H]1C[C@H](NC(=O)OC(C)(C)C)CN(C(=O)OCc2ccccc2)C1. The molecule has 1 aliphatic heterocycles. The molecule has 0 radical (unpaired) electrons. The number of carbonyl (C=O) groups excluding carboxylic acids is 3. The molecule has 1 aromatic rings. The zero-order valence-corrected chi connectivity index (χ0v) is 16.8. The maximum atomic E-state index is 12.5. The second kappa shape index (κ2) is 9.43. The van der Waals surface area contributed by atoms with Crippen molar-refractivity contribution in [1.29, 1.82) is 0 Å². The summed E-state index contributed by atoms with van der Waals surface area (Å²) in [5, 5.41) is 2.72. The fraction of sp³-hybridized carbons (Fsp3) is 0.550. The van der Waals surface area contributed by atoms with Gasteiger partial charge in [0.05, 0.1) is 19.1 Å². The number of alkyl carbamates (subject to hydrolysis) is 1. The summed E-state index contributed by atoms with van der Waals surface area (Å²) < 4.78 is 15.4. The molecule has 0 unspecified atom stereocenters. The largest absolute Gasteiger partial charge is 0.469 e. The fourth-order valence-electron chi connectivity index (χ4n) is 2.97.